The predicted molar refractivity (Wildman–Crippen MR) is 69.6 cm³/mol. The summed E-state index contributed by atoms with van der Waals surface area (Å²) in [7, 11) is 1.47. The molecule has 0 aromatic carbocycles. The van der Waals surface area contributed by atoms with E-state index in [1.165, 1.54) is 13.3 Å². The van der Waals surface area contributed by atoms with E-state index >= 15 is 0 Å². The predicted octanol–water partition coefficient (Wildman–Crippen LogP) is 1.42. The first-order valence-corrected chi connectivity index (χ1v) is 5.82. The van der Waals surface area contributed by atoms with Crippen LogP contribution in [0.25, 0.3) is 11.0 Å². The first-order chi connectivity index (χ1) is 9.08. The van der Waals surface area contributed by atoms with Gasteiger partial charge in [0.05, 0.1) is 19.2 Å². The number of rotatable bonds is 3. The average molecular weight is 262 g/mol. The summed E-state index contributed by atoms with van der Waals surface area (Å²) in [6.07, 6.45) is 1.35. The Morgan fingerprint density at radius 1 is 1.47 bits per heavy atom. The second-order valence-electron chi connectivity index (χ2n) is 3.96. The number of esters is 1. The van der Waals surface area contributed by atoms with Gasteiger partial charge in [-0.25, -0.2) is 9.78 Å². The molecule has 2 aromatic heterocycles. The molecule has 0 fully saturated rings. The van der Waals surface area contributed by atoms with Gasteiger partial charge in [-0.15, -0.1) is 0 Å². The molecular formula is C13H14N2O4. The van der Waals surface area contributed by atoms with Crippen molar-refractivity contribution in [3.05, 3.63) is 33.6 Å². The van der Waals surface area contributed by atoms with Crippen LogP contribution in [-0.2, 0) is 4.74 Å². The van der Waals surface area contributed by atoms with E-state index in [2.05, 4.69) is 9.97 Å². The number of methoxy groups -OCH3 is 1. The zero-order valence-corrected chi connectivity index (χ0v) is 10.9. The summed E-state index contributed by atoms with van der Waals surface area (Å²) in [5.74, 6) is -0.329. The van der Waals surface area contributed by atoms with E-state index < -0.39 is 11.4 Å². The van der Waals surface area contributed by atoms with Crippen molar-refractivity contribution in [3.63, 3.8) is 0 Å². The fourth-order valence-electron chi connectivity index (χ4n) is 1.79. The molecule has 1 N–H and O–H groups in total. The molecular weight excluding hydrogens is 248 g/mol. The zero-order valence-electron chi connectivity index (χ0n) is 10.9. The van der Waals surface area contributed by atoms with E-state index in [4.69, 9.17) is 9.47 Å². The Balaban J connectivity index is 2.70. The highest BCUT2D eigenvalue weighted by molar-refractivity contribution is 5.93. The number of hydrogen-bond acceptors (Lipinski definition) is 5. The third-order valence-corrected chi connectivity index (χ3v) is 2.72. The van der Waals surface area contributed by atoms with E-state index in [-0.39, 0.29) is 17.7 Å². The molecule has 0 saturated heterocycles. The number of aryl methyl sites for hydroxylation is 1. The fraction of sp³-hybridized carbons (Fsp3) is 0.308. The molecule has 19 heavy (non-hydrogen) atoms. The molecule has 0 bridgehead atoms. The number of nitrogens with one attached hydrogen (secondary N) is 1. The van der Waals surface area contributed by atoms with Crippen molar-refractivity contribution in [1.82, 2.24) is 9.97 Å². The summed E-state index contributed by atoms with van der Waals surface area (Å²) < 4.78 is 9.85. The van der Waals surface area contributed by atoms with E-state index in [1.807, 2.05) is 6.92 Å². The van der Waals surface area contributed by atoms with Crippen LogP contribution in [0, 0.1) is 6.92 Å². The molecule has 0 amide bonds. The Bertz CT molecular complexity index is 691. The quantitative estimate of drug-likeness (QED) is 0.846. The molecule has 2 rings (SSSR count). The van der Waals surface area contributed by atoms with E-state index in [0.717, 1.165) is 5.56 Å². The molecule has 0 saturated carbocycles. The van der Waals surface area contributed by atoms with E-state index in [0.29, 0.717) is 11.4 Å². The van der Waals surface area contributed by atoms with Crippen LogP contribution in [0.5, 0.6) is 5.88 Å². The van der Waals surface area contributed by atoms with Gasteiger partial charge < -0.3 is 14.5 Å². The number of aromatic amines is 1. The third-order valence-electron chi connectivity index (χ3n) is 2.72. The fourth-order valence-corrected chi connectivity index (χ4v) is 1.79. The van der Waals surface area contributed by atoms with Crippen LogP contribution in [0.2, 0.25) is 0 Å². The topological polar surface area (TPSA) is 81.3 Å². The van der Waals surface area contributed by atoms with Gasteiger partial charge in [0.2, 0.25) is 11.3 Å². The van der Waals surface area contributed by atoms with Gasteiger partial charge in [0.15, 0.2) is 0 Å². The first-order valence-electron chi connectivity index (χ1n) is 5.82. The number of aromatic nitrogens is 2. The minimum Gasteiger partial charge on any atom is -0.481 e. The smallest absolute Gasteiger partial charge is 0.343 e. The normalized spacial score (nSPS) is 10.5. The van der Waals surface area contributed by atoms with Crippen LogP contribution < -0.4 is 10.2 Å². The summed E-state index contributed by atoms with van der Waals surface area (Å²) in [6.45, 7) is 3.71. The molecule has 6 nitrogen and oxygen atoms in total. The Morgan fingerprint density at radius 3 is 2.84 bits per heavy atom. The van der Waals surface area contributed by atoms with Gasteiger partial charge in [-0.05, 0) is 19.4 Å². The molecule has 2 aromatic rings. The van der Waals surface area contributed by atoms with Gasteiger partial charge in [-0.3, -0.25) is 4.79 Å². The lowest BCUT2D eigenvalue weighted by Crippen LogP contribution is -2.19. The third kappa shape index (κ3) is 2.29. The number of carbonyl (C=O) groups is 1. The molecule has 0 aliphatic carbocycles. The molecule has 0 spiro atoms. The molecule has 0 unspecified atom stereocenters. The van der Waals surface area contributed by atoms with Gasteiger partial charge in [0, 0.05) is 12.3 Å². The molecule has 0 radical (unpaired) electrons. The maximum atomic E-state index is 12.2. The van der Waals surface area contributed by atoms with Crippen molar-refractivity contribution < 1.29 is 14.3 Å². The number of nitrogens with zero attached hydrogens (tertiary/aromatic N) is 1. The Morgan fingerprint density at radius 2 is 2.21 bits per heavy atom. The lowest BCUT2D eigenvalue weighted by molar-refractivity contribution is 0.0524. The Kier molecular flexibility index (Phi) is 3.50. The monoisotopic (exact) mass is 262 g/mol. The summed E-state index contributed by atoms with van der Waals surface area (Å²) in [5.41, 5.74) is 1.04. The van der Waals surface area contributed by atoms with E-state index in [9.17, 15) is 9.59 Å². The molecule has 100 valence electrons. The van der Waals surface area contributed by atoms with Crippen molar-refractivity contribution in [2.24, 2.45) is 0 Å². The van der Waals surface area contributed by atoms with E-state index in [1.54, 1.807) is 13.0 Å². The van der Waals surface area contributed by atoms with Gasteiger partial charge >= 0.3 is 5.97 Å². The molecule has 6 heteroatoms. The largest absolute Gasteiger partial charge is 0.481 e. The number of pyridine rings is 2. The van der Waals surface area contributed by atoms with Crippen LogP contribution in [0.15, 0.2) is 17.1 Å². The number of carbonyl (C=O) groups excluding carboxylic acids is 1. The van der Waals surface area contributed by atoms with Crippen LogP contribution in [0.3, 0.4) is 0 Å². The van der Waals surface area contributed by atoms with Crippen molar-refractivity contribution in [2.45, 2.75) is 13.8 Å². The van der Waals surface area contributed by atoms with Crippen molar-refractivity contribution in [2.75, 3.05) is 13.7 Å². The van der Waals surface area contributed by atoms with Crippen molar-refractivity contribution in [1.29, 1.82) is 0 Å². The summed E-state index contributed by atoms with van der Waals surface area (Å²) in [4.78, 5) is 30.9. The van der Waals surface area contributed by atoms with Crippen LogP contribution in [-0.4, -0.2) is 29.7 Å². The number of fused-ring (bicyclic) bond motifs is 1. The second-order valence-corrected chi connectivity index (χ2v) is 3.96. The molecule has 0 aliphatic heterocycles. The maximum absolute atomic E-state index is 12.2. The van der Waals surface area contributed by atoms with Gasteiger partial charge in [0.25, 0.3) is 0 Å². The summed E-state index contributed by atoms with van der Waals surface area (Å²) in [5, 5.41) is 0. The molecule has 0 atom stereocenters. The number of hydrogen-bond donors (Lipinski definition) is 1. The van der Waals surface area contributed by atoms with Crippen LogP contribution in [0.1, 0.15) is 22.8 Å². The average Bonchev–Trinajstić information content (AvgIpc) is 2.39. The number of H-pyrrole nitrogens is 1. The highest BCUT2D eigenvalue weighted by Gasteiger charge is 2.16. The minimum absolute atomic E-state index is 0.0606. The lowest BCUT2D eigenvalue weighted by atomic mass is 10.1. The molecule has 0 aliphatic rings. The standard InChI is InChI=1S/C13H14N2O4/c1-4-19-13(17)8-6-14-10-7(2)5-9(18-3)15-11(10)12(8)16/h5-6H,4H2,1-3H3,(H,14,16). The van der Waals surface area contributed by atoms with Gasteiger partial charge in [-0.1, -0.05) is 0 Å². The summed E-state index contributed by atoms with van der Waals surface area (Å²) >= 11 is 0. The maximum Gasteiger partial charge on any atom is 0.343 e. The van der Waals surface area contributed by atoms with Crippen LogP contribution >= 0.6 is 0 Å². The minimum atomic E-state index is -0.659. The summed E-state index contributed by atoms with van der Waals surface area (Å²) in [6, 6.07) is 1.71. The molecule has 2 heterocycles. The Labute approximate surface area is 109 Å². The van der Waals surface area contributed by atoms with Crippen LogP contribution in [0.4, 0.5) is 0 Å². The van der Waals surface area contributed by atoms with Crippen molar-refractivity contribution in [3.8, 4) is 5.88 Å². The van der Waals surface area contributed by atoms with Gasteiger partial charge in [-0.2, -0.15) is 0 Å². The Hall–Kier alpha value is -2.37. The first kappa shape index (κ1) is 13.1. The second kappa shape index (κ2) is 5.09. The van der Waals surface area contributed by atoms with Gasteiger partial charge in [0.1, 0.15) is 11.1 Å². The highest BCUT2D eigenvalue weighted by atomic mass is 16.5. The zero-order chi connectivity index (χ0) is 14.0. The lowest BCUT2D eigenvalue weighted by Gasteiger charge is -2.06. The number of ether oxygens (including phenoxy) is 2. The SMILES string of the molecule is CCOC(=O)c1c[nH]c2c(C)cc(OC)nc2c1=O. The highest BCUT2D eigenvalue weighted by Crippen LogP contribution is 2.17. The van der Waals surface area contributed by atoms with Crippen molar-refractivity contribution >= 4 is 17.0 Å².